The third kappa shape index (κ3) is 5.16. The van der Waals surface area contributed by atoms with Crippen LogP contribution in [0.3, 0.4) is 0 Å². The SMILES string of the molecule is CCCCOCC(C)OC(=O)C(F)(F)C(F)(F)F. The zero-order chi connectivity index (χ0) is 14.4. The second kappa shape index (κ2) is 6.86. The van der Waals surface area contributed by atoms with Crippen LogP contribution in [0.15, 0.2) is 0 Å². The molecular formula is C10H15F5O3. The molecule has 0 aromatic carbocycles. The molecule has 0 heterocycles. The van der Waals surface area contributed by atoms with E-state index in [1.165, 1.54) is 6.92 Å². The van der Waals surface area contributed by atoms with Gasteiger partial charge in [-0.2, -0.15) is 22.0 Å². The number of unbranched alkanes of at least 4 members (excludes halogenated alkanes) is 1. The molecule has 3 nitrogen and oxygen atoms in total. The summed E-state index contributed by atoms with van der Waals surface area (Å²) in [5.41, 5.74) is 0. The second-order valence-electron chi connectivity index (χ2n) is 3.72. The highest BCUT2D eigenvalue weighted by Crippen LogP contribution is 2.36. The van der Waals surface area contributed by atoms with Crippen molar-refractivity contribution in [2.24, 2.45) is 0 Å². The van der Waals surface area contributed by atoms with Crippen LogP contribution in [0.25, 0.3) is 0 Å². The van der Waals surface area contributed by atoms with Gasteiger partial charge in [0.05, 0.1) is 6.61 Å². The predicted octanol–water partition coefficient (Wildman–Crippen LogP) is 2.93. The number of rotatable bonds is 7. The van der Waals surface area contributed by atoms with Crippen molar-refractivity contribution in [1.29, 1.82) is 0 Å². The Kier molecular flexibility index (Phi) is 6.51. The lowest BCUT2D eigenvalue weighted by atomic mass is 10.3. The number of esters is 1. The van der Waals surface area contributed by atoms with Gasteiger partial charge in [-0.3, -0.25) is 0 Å². The summed E-state index contributed by atoms with van der Waals surface area (Å²) in [5, 5.41) is 0. The third-order valence-electron chi connectivity index (χ3n) is 1.92. The van der Waals surface area contributed by atoms with E-state index in [0.29, 0.717) is 6.61 Å². The minimum absolute atomic E-state index is 0.223. The zero-order valence-electron chi connectivity index (χ0n) is 10.0. The van der Waals surface area contributed by atoms with E-state index in [0.717, 1.165) is 12.8 Å². The molecule has 1 unspecified atom stereocenters. The van der Waals surface area contributed by atoms with E-state index in [1.54, 1.807) is 0 Å². The number of carbonyl (C=O) groups is 1. The van der Waals surface area contributed by atoms with Gasteiger partial charge in [0.2, 0.25) is 0 Å². The number of hydrogen-bond donors (Lipinski definition) is 0. The van der Waals surface area contributed by atoms with E-state index < -0.39 is 24.2 Å². The highest BCUT2D eigenvalue weighted by atomic mass is 19.4. The van der Waals surface area contributed by atoms with Crippen LogP contribution in [0, 0.1) is 0 Å². The minimum Gasteiger partial charge on any atom is -0.456 e. The fourth-order valence-corrected chi connectivity index (χ4v) is 0.902. The minimum atomic E-state index is -5.95. The van der Waals surface area contributed by atoms with Gasteiger partial charge in [0.1, 0.15) is 6.10 Å². The largest absolute Gasteiger partial charge is 0.465 e. The highest BCUT2D eigenvalue weighted by Gasteiger charge is 2.65. The lowest BCUT2D eigenvalue weighted by molar-refractivity contribution is -0.282. The summed E-state index contributed by atoms with van der Waals surface area (Å²) in [5.74, 6) is -8.10. The van der Waals surface area contributed by atoms with Crippen molar-refractivity contribution in [2.75, 3.05) is 13.2 Å². The fraction of sp³-hybridized carbons (Fsp3) is 0.900. The van der Waals surface area contributed by atoms with Gasteiger partial charge in [0.25, 0.3) is 0 Å². The van der Waals surface area contributed by atoms with Crippen molar-refractivity contribution in [2.45, 2.75) is 44.9 Å². The molecule has 0 saturated heterocycles. The topological polar surface area (TPSA) is 35.5 Å². The van der Waals surface area contributed by atoms with Crippen LogP contribution in [0.5, 0.6) is 0 Å². The van der Waals surface area contributed by atoms with Crippen molar-refractivity contribution in [3.63, 3.8) is 0 Å². The molecule has 0 aliphatic heterocycles. The monoisotopic (exact) mass is 278 g/mol. The number of hydrogen-bond acceptors (Lipinski definition) is 3. The van der Waals surface area contributed by atoms with Crippen molar-refractivity contribution >= 4 is 5.97 Å². The quantitative estimate of drug-likeness (QED) is 0.408. The van der Waals surface area contributed by atoms with E-state index in [2.05, 4.69) is 4.74 Å². The molecule has 108 valence electrons. The van der Waals surface area contributed by atoms with Crippen molar-refractivity contribution < 1.29 is 36.2 Å². The van der Waals surface area contributed by atoms with Gasteiger partial charge in [0, 0.05) is 6.61 Å². The molecule has 0 aliphatic carbocycles. The maximum atomic E-state index is 12.5. The Labute approximate surface area is 101 Å². The molecule has 8 heteroatoms. The van der Waals surface area contributed by atoms with Gasteiger partial charge >= 0.3 is 18.1 Å². The predicted molar refractivity (Wildman–Crippen MR) is 52.3 cm³/mol. The number of halogens is 5. The molecule has 0 aromatic rings. The summed E-state index contributed by atoms with van der Waals surface area (Å²) in [7, 11) is 0. The summed E-state index contributed by atoms with van der Waals surface area (Å²) in [6, 6.07) is 0. The Morgan fingerprint density at radius 2 is 1.78 bits per heavy atom. The molecular weight excluding hydrogens is 263 g/mol. The average molecular weight is 278 g/mol. The maximum absolute atomic E-state index is 12.5. The summed E-state index contributed by atoms with van der Waals surface area (Å²) in [6.07, 6.45) is -5.55. The molecule has 0 aromatic heterocycles. The molecule has 0 saturated carbocycles. The number of carbonyl (C=O) groups excluding carboxylic acids is 1. The highest BCUT2D eigenvalue weighted by molar-refractivity contribution is 5.78. The van der Waals surface area contributed by atoms with Crippen LogP contribution >= 0.6 is 0 Å². The first-order valence-electron chi connectivity index (χ1n) is 5.36. The van der Waals surface area contributed by atoms with Gasteiger partial charge in [-0.25, -0.2) is 4.79 Å². The standard InChI is InChI=1S/C10H15F5O3/c1-3-4-5-17-6-7(2)18-8(16)9(11,12)10(13,14)15/h7H,3-6H2,1-2H3. The average Bonchev–Trinajstić information content (AvgIpc) is 2.22. The molecule has 1 atom stereocenters. The first kappa shape index (κ1) is 17.1. The molecule has 0 rings (SSSR count). The molecule has 0 radical (unpaired) electrons. The van der Waals surface area contributed by atoms with Gasteiger partial charge < -0.3 is 9.47 Å². The Bertz CT molecular complexity index is 265. The van der Waals surface area contributed by atoms with E-state index in [-0.39, 0.29) is 6.61 Å². The normalized spacial score (nSPS) is 14.4. The van der Waals surface area contributed by atoms with Crippen molar-refractivity contribution in [3.8, 4) is 0 Å². The second-order valence-corrected chi connectivity index (χ2v) is 3.72. The molecule has 0 amide bonds. The lowest BCUT2D eigenvalue weighted by Crippen LogP contribution is -2.46. The third-order valence-corrected chi connectivity index (χ3v) is 1.92. The first-order valence-corrected chi connectivity index (χ1v) is 5.36. The van der Waals surface area contributed by atoms with Crippen LogP contribution in [-0.4, -0.2) is 37.4 Å². The molecule has 18 heavy (non-hydrogen) atoms. The first-order chi connectivity index (χ1) is 8.13. The Hall–Kier alpha value is -0.920. The van der Waals surface area contributed by atoms with Gasteiger partial charge in [-0.05, 0) is 13.3 Å². The van der Waals surface area contributed by atoms with Crippen molar-refractivity contribution in [3.05, 3.63) is 0 Å². The van der Waals surface area contributed by atoms with E-state index in [1.807, 2.05) is 6.92 Å². The Morgan fingerprint density at radius 1 is 1.22 bits per heavy atom. The van der Waals surface area contributed by atoms with E-state index in [9.17, 15) is 26.7 Å². The van der Waals surface area contributed by atoms with Gasteiger partial charge in [-0.1, -0.05) is 13.3 Å². The van der Waals surface area contributed by atoms with Crippen LogP contribution in [0.1, 0.15) is 26.7 Å². The van der Waals surface area contributed by atoms with Crippen molar-refractivity contribution in [1.82, 2.24) is 0 Å². The van der Waals surface area contributed by atoms with Crippen LogP contribution in [0.2, 0.25) is 0 Å². The smallest absolute Gasteiger partial charge is 0.456 e. The molecule has 0 spiro atoms. The van der Waals surface area contributed by atoms with Crippen LogP contribution in [-0.2, 0) is 14.3 Å². The van der Waals surface area contributed by atoms with Gasteiger partial charge in [0.15, 0.2) is 0 Å². The Balaban J connectivity index is 4.15. The lowest BCUT2D eigenvalue weighted by Gasteiger charge is -2.20. The van der Waals surface area contributed by atoms with Gasteiger partial charge in [-0.15, -0.1) is 0 Å². The molecule has 0 aliphatic rings. The van der Waals surface area contributed by atoms with Crippen LogP contribution in [0.4, 0.5) is 22.0 Å². The van der Waals surface area contributed by atoms with Crippen LogP contribution < -0.4 is 0 Å². The summed E-state index contributed by atoms with van der Waals surface area (Å²) in [6.45, 7) is 3.18. The molecule has 0 bridgehead atoms. The summed E-state index contributed by atoms with van der Waals surface area (Å²) >= 11 is 0. The maximum Gasteiger partial charge on any atom is 0.465 e. The molecule has 0 fully saturated rings. The summed E-state index contributed by atoms with van der Waals surface area (Å²) in [4.78, 5) is 10.7. The number of ether oxygens (including phenoxy) is 2. The van der Waals surface area contributed by atoms with E-state index in [4.69, 9.17) is 4.74 Å². The summed E-state index contributed by atoms with van der Waals surface area (Å²) < 4.78 is 69.3. The number of alkyl halides is 5. The fourth-order valence-electron chi connectivity index (χ4n) is 0.902. The Morgan fingerprint density at radius 3 is 2.22 bits per heavy atom. The zero-order valence-corrected chi connectivity index (χ0v) is 10.0. The van der Waals surface area contributed by atoms with E-state index >= 15 is 0 Å². The molecule has 0 N–H and O–H groups in total.